The van der Waals surface area contributed by atoms with Crippen molar-refractivity contribution in [3.05, 3.63) is 23.8 Å². The first-order valence-corrected chi connectivity index (χ1v) is 4.65. The maximum Gasteiger partial charge on any atom is 0.192 e. The second-order valence-electron chi connectivity index (χ2n) is 3.16. The molecular weight excluding hydrogens is 220 g/mol. The van der Waals surface area contributed by atoms with Crippen molar-refractivity contribution < 1.29 is 23.7 Å². The number of anilines is 1. The molecule has 4 nitrogen and oxygen atoms in total. The summed E-state index contributed by atoms with van der Waals surface area (Å²) in [6.45, 7) is -0.477. The third kappa shape index (κ3) is 2.80. The van der Waals surface area contributed by atoms with Crippen LogP contribution in [-0.2, 0) is 0 Å². The Labute approximate surface area is 91.5 Å². The molecule has 1 unspecified atom stereocenters. The Morgan fingerprint density at radius 3 is 2.69 bits per heavy atom. The lowest BCUT2D eigenvalue weighted by molar-refractivity contribution is 0.105. The Morgan fingerprint density at radius 1 is 1.44 bits per heavy atom. The first-order chi connectivity index (χ1) is 7.60. The molecule has 1 aromatic carbocycles. The second-order valence-corrected chi connectivity index (χ2v) is 3.16. The quantitative estimate of drug-likeness (QED) is 0.702. The average Bonchev–Trinajstić information content (AvgIpc) is 2.28. The predicted molar refractivity (Wildman–Crippen MR) is 54.5 cm³/mol. The van der Waals surface area contributed by atoms with E-state index >= 15 is 0 Å². The highest BCUT2D eigenvalue weighted by molar-refractivity contribution is 5.50. The summed E-state index contributed by atoms with van der Waals surface area (Å²) in [6, 6.07) is 2.24. The highest BCUT2D eigenvalue weighted by Gasteiger charge is 2.14. The average molecular weight is 233 g/mol. The molecule has 0 radical (unpaired) electrons. The maximum absolute atomic E-state index is 13.5. The Balaban J connectivity index is 2.81. The number of hydrogen-bond acceptors (Lipinski definition) is 4. The number of nitrogens with one attached hydrogen (secondary N) is 1. The third-order valence-electron chi connectivity index (χ3n) is 1.99. The minimum Gasteiger partial charge on any atom is -0.491 e. The first kappa shape index (κ1) is 12.7. The molecule has 0 aliphatic carbocycles. The summed E-state index contributed by atoms with van der Waals surface area (Å²) in [5.74, 6) is -2.15. The summed E-state index contributed by atoms with van der Waals surface area (Å²) in [7, 11) is 1.16. The van der Waals surface area contributed by atoms with Crippen LogP contribution in [0.1, 0.15) is 0 Å². The first-order valence-electron chi connectivity index (χ1n) is 4.65. The minimum atomic E-state index is -1.00. The standard InChI is InChI=1S/C10H13F2NO3/c1-16-10-7(11)2-3-8(9(10)12)13-4-6(15)5-14/h2-3,6,13-15H,4-5H2,1H3. The number of aliphatic hydroxyl groups is 2. The van der Waals surface area contributed by atoms with Crippen molar-refractivity contribution in [1.82, 2.24) is 0 Å². The number of aliphatic hydroxyl groups excluding tert-OH is 2. The van der Waals surface area contributed by atoms with Gasteiger partial charge in [-0.05, 0) is 12.1 Å². The van der Waals surface area contributed by atoms with Gasteiger partial charge < -0.3 is 20.3 Å². The summed E-state index contributed by atoms with van der Waals surface area (Å²) in [6.07, 6.45) is -1.00. The van der Waals surface area contributed by atoms with Gasteiger partial charge in [0.15, 0.2) is 17.4 Å². The topological polar surface area (TPSA) is 61.7 Å². The van der Waals surface area contributed by atoms with Crippen molar-refractivity contribution >= 4 is 5.69 Å². The van der Waals surface area contributed by atoms with Gasteiger partial charge in [0.05, 0.1) is 25.5 Å². The maximum atomic E-state index is 13.5. The van der Waals surface area contributed by atoms with Crippen LogP contribution < -0.4 is 10.1 Å². The van der Waals surface area contributed by atoms with E-state index in [-0.39, 0.29) is 12.2 Å². The zero-order valence-electron chi connectivity index (χ0n) is 8.70. The molecule has 1 atom stereocenters. The molecule has 1 rings (SSSR count). The molecule has 0 fully saturated rings. The van der Waals surface area contributed by atoms with E-state index in [1.54, 1.807) is 0 Å². The SMILES string of the molecule is COc1c(F)ccc(NCC(O)CO)c1F. The molecule has 0 heterocycles. The van der Waals surface area contributed by atoms with Crippen molar-refractivity contribution in [2.45, 2.75) is 6.10 Å². The fourth-order valence-electron chi connectivity index (χ4n) is 1.15. The monoisotopic (exact) mass is 233 g/mol. The summed E-state index contributed by atoms with van der Waals surface area (Å²) in [5, 5.41) is 20.1. The molecule has 6 heteroatoms. The van der Waals surface area contributed by atoms with E-state index in [4.69, 9.17) is 10.2 Å². The highest BCUT2D eigenvalue weighted by Crippen LogP contribution is 2.27. The summed E-state index contributed by atoms with van der Waals surface area (Å²) in [5.41, 5.74) is 0.00532. The van der Waals surface area contributed by atoms with Crippen LogP contribution in [0.3, 0.4) is 0 Å². The molecule has 0 aliphatic heterocycles. The van der Waals surface area contributed by atoms with Crippen LogP contribution in [0, 0.1) is 11.6 Å². The number of hydrogen-bond donors (Lipinski definition) is 3. The van der Waals surface area contributed by atoms with E-state index in [9.17, 15) is 8.78 Å². The van der Waals surface area contributed by atoms with Crippen LogP contribution in [0.2, 0.25) is 0 Å². The van der Waals surface area contributed by atoms with E-state index in [1.807, 2.05) is 0 Å². The lowest BCUT2D eigenvalue weighted by Gasteiger charge is -2.12. The molecule has 90 valence electrons. The Morgan fingerprint density at radius 2 is 2.12 bits per heavy atom. The molecule has 0 bridgehead atoms. The number of methoxy groups -OCH3 is 1. The molecule has 0 amide bonds. The Kier molecular flexibility index (Phi) is 4.45. The van der Waals surface area contributed by atoms with Crippen molar-refractivity contribution in [2.24, 2.45) is 0 Å². The minimum absolute atomic E-state index is 0.00532. The number of benzene rings is 1. The van der Waals surface area contributed by atoms with Gasteiger partial charge in [-0.2, -0.15) is 0 Å². The van der Waals surface area contributed by atoms with E-state index in [0.29, 0.717) is 0 Å². The fourth-order valence-corrected chi connectivity index (χ4v) is 1.15. The molecule has 0 spiro atoms. The zero-order valence-corrected chi connectivity index (χ0v) is 8.70. The lowest BCUT2D eigenvalue weighted by atomic mass is 10.2. The van der Waals surface area contributed by atoms with Gasteiger partial charge in [-0.15, -0.1) is 0 Å². The molecular formula is C10H13F2NO3. The predicted octanol–water partition coefficient (Wildman–Crippen LogP) is 0.738. The van der Waals surface area contributed by atoms with Crippen LogP contribution >= 0.6 is 0 Å². The van der Waals surface area contributed by atoms with Gasteiger partial charge in [-0.1, -0.05) is 0 Å². The van der Waals surface area contributed by atoms with Crippen molar-refractivity contribution in [3.63, 3.8) is 0 Å². The van der Waals surface area contributed by atoms with Gasteiger partial charge >= 0.3 is 0 Å². The van der Waals surface area contributed by atoms with Gasteiger partial charge in [0.1, 0.15) is 0 Å². The smallest absolute Gasteiger partial charge is 0.192 e. The third-order valence-corrected chi connectivity index (χ3v) is 1.99. The van der Waals surface area contributed by atoms with Gasteiger partial charge in [0.25, 0.3) is 0 Å². The lowest BCUT2D eigenvalue weighted by Crippen LogP contribution is -2.23. The van der Waals surface area contributed by atoms with Gasteiger partial charge in [0.2, 0.25) is 0 Å². The molecule has 0 aliphatic rings. The van der Waals surface area contributed by atoms with Crippen molar-refractivity contribution in [2.75, 3.05) is 25.6 Å². The molecule has 16 heavy (non-hydrogen) atoms. The van der Waals surface area contributed by atoms with Crippen LogP contribution in [-0.4, -0.2) is 36.6 Å². The molecule has 0 saturated carbocycles. The zero-order chi connectivity index (χ0) is 12.1. The summed E-state index contributed by atoms with van der Waals surface area (Å²) < 4.78 is 31.1. The largest absolute Gasteiger partial charge is 0.491 e. The summed E-state index contributed by atoms with van der Waals surface area (Å²) >= 11 is 0. The molecule has 1 aromatic rings. The van der Waals surface area contributed by atoms with Crippen LogP contribution in [0.5, 0.6) is 5.75 Å². The molecule has 0 aromatic heterocycles. The molecule has 3 N–H and O–H groups in total. The van der Waals surface area contributed by atoms with Gasteiger partial charge in [0, 0.05) is 6.54 Å². The van der Waals surface area contributed by atoms with Crippen molar-refractivity contribution in [3.8, 4) is 5.75 Å². The molecule has 0 saturated heterocycles. The van der Waals surface area contributed by atoms with Crippen LogP contribution in [0.15, 0.2) is 12.1 Å². The van der Waals surface area contributed by atoms with Crippen LogP contribution in [0.25, 0.3) is 0 Å². The number of halogens is 2. The van der Waals surface area contributed by atoms with Gasteiger partial charge in [-0.25, -0.2) is 8.78 Å². The number of ether oxygens (including phenoxy) is 1. The Bertz CT molecular complexity index is 360. The fraction of sp³-hybridized carbons (Fsp3) is 0.400. The highest BCUT2D eigenvalue weighted by atomic mass is 19.1. The van der Waals surface area contributed by atoms with Gasteiger partial charge in [-0.3, -0.25) is 0 Å². The van der Waals surface area contributed by atoms with E-state index in [1.165, 1.54) is 6.07 Å². The van der Waals surface area contributed by atoms with E-state index in [2.05, 4.69) is 10.1 Å². The summed E-state index contributed by atoms with van der Waals surface area (Å²) in [4.78, 5) is 0. The van der Waals surface area contributed by atoms with Crippen molar-refractivity contribution in [1.29, 1.82) is 0 Å². The normalized spacial score (nSPS) is 12.3. The Hall–Kier alpha value is -1.40. The number of rotatable bonds is 5. The van der Waals surface area contributed by atoms with E-state index in [0.717, 1.165) is 13.2 Å². The van der Waals surface area contributed by atoms with E-state index < -0.39 is 30.1 Å². The van der Waals surface area contributed by atoms with Crippen LogP contribution in [0.4, 0.5) is 14.5 Å². The second kappa shape index (κ2) is 5.62.